The summed E-state index contributed by atoms with van der Waals surface area (Å²) < 4.78 is 27.7. The Morgan fingerprint density at radius 3 is 2.16 bits per heavy atom. The minimum Gasteiger partial charge on any atom is -0.268 e. The molecule has 0 aromatic heterocycles. The number of hydrogen-bond donors (Lipinski definition) is 0. The van der Waals surface area contributed by atoms with Crippen molar-refractivity contribution < 1.29 is 13.2 Å². The zero-order chi connectivity index (χ0) is 23.1. The zero-order valence-corrected chi connectivity index (χ0v) is 19.7. The Labute approximate surface area is 195 Å². The van der Waals surface area contributed by atoms with Gasteiger partial charge in [-0.15, -0.1) is 0 Å². The highest BCUT2D eigenvalue weighted by molar-refractivity contribution is 7.93. The van der Waals surface area contributed by atoms with E-state index in [1.807, 2.05) is 43.3 Å². The van der Waals surface area contributed by atoms with Gasteiger partial charge in [0.1, 0.15) is 0 Å². The van der Waals surface area contributed by atoms with Crippen molar-refractivity contribution in [2.45, 2.75) is 38.0 Å². The molecule has 3 rings (SSSR count). The van der Waals surface area contributed by atoms with E-state index in [0.717, 1.165) is 40.3 Å². The summed E-state index contributed by atoms with van der Waals surface area (Å²) in [5.41, 5.74) is 3.30. The fourth-order valence-corrected chi connectivity index (χ4v) is 4.70. The monoisotopic (exact) mass is 467 g/mol. The minimum atomic E-state index is -4.14. The maximum absolute atomic E-state index is 13.4. The lowest BCUT2D eigenvalue weighted by Crippen LogP contribution is -2.35. The van der Waals surface area contributed by atoms with Crippen LogP contribution < -0.4 is 4.31 Å². The fraction of sp³-hybridized carbons (Fsp3) is 0.192. The predicted octanol–water partition coefficient (Wildman–Crippen LogP) is 6.43. The van der Waals surface area contributed by atoms with Crippen LogP contribution in [-0.4, -0.2) is 14.3 Å². The minimum absolute atomic E-state index is 0.00551. The molecule has 0 spiro atoms. The molecule has 0 saturated carbocycles. The fourth-order valence-electron chi connectivity index (χ4n) is 3.19. The topological polar surface area (TPSA) is 54.5 Å². The lowest BCUT2D eigenvalue weighted by Gasteiger charge is -2.22. The van der Waals surface area contributed by atoms with Crippen LogP contribution in [0, 0.1) is 6.92 Å². The maximum atomic E-state index is 13.4. The van der Waals surface area contributed by atoms with Crippen LogP contribution in [0.3, 0.4) is 0 Å². The average molecular weight is 468 g/mol. The number of rotatable bonds is 8. The highest BCUT2D eigenvalue weighted by Gasteiger charge is 2.29. The molecule has 0 saturated heterocycles. The van der Waals surface area contributed by atoms with Gasteiger partial charge in [0, 0.05) is 11.1 Å². The highest BCUT2D eigenvalue weighted by atomic mass is 35.5. The highest BCUT2D eigenvalue weighted by Crippen LogP contribution is 2.26. The summed E-state index contributed by atoms with van der Waals surface area (Å²) in [4.78, 5) is 13.2. The van der Waals surface area contributed by atoms with Crippen molar-refractivity contribution in [1.29, 1.82) is 0 Å². The number of nitrogens with zero attached hydrogens (tertiary/aromatic N) is 1. The summed E-state index contributed by atoms with van der Waals surface area (Å²) >= 11 is 5.92. The summed E-state index contributed by atoms with van der Waals surface area (Å²) in [5, 5.41) is 0.418. The van der Waals surface area contributed by atoms with Gasteiger partial charge in [0.15, 0.2) is 0 Å². The van der Waals surface area contributed by atoms with Crippen molar-refractivity contribution in [1.82, 2.24) is 0 Å². The summed E-state index contributed by atoms with van der Waals surface area (Å²) in [6, 6.07) is 20.5. The molecule has 1 amide bonds. The lowest BCUT2D eigenvalue weighted by molar-refractivity contribution is -0.113. The largest absolute Gasteiger partial charge is 0.271 e. The second-order valence-electron chi connectivity index (χ2n) is 7.58. The van der Waals surface area contributed by atoms with Gasteiger partial charge in [-0.3, -0.25) is 4.79 Å². The molecule has 6 heteroatoms. The van der Waals surface area contributed by atoms with Crippen molar-refractivity contribution in [2.75, 3.05) is 4.31 Å². The molecule has 166 valence electrons. The van der Waals surface area contributed by atoms with Gasteiger partial charge >= 0.3 is 0 Å². The first-order valence-corrected chi connectivity index (χ1v) is 12.3. The molecule has 0 aliphatic heterocycles. The smallest absolute Gasteiger partial charge is 0.268 e. The van der Waals surface area contributed by atoms with E-state index in [-0.39, 0.29) is 4.90 Å². The lowest BCUT2D eigenvalue weighted by atomic mass is 10.1. The first-order chi connectivity index (χ1) is 15.3. The molecular formula is C26H26ClNO3S. The summed E-state index contributed by atoms with van der Waals surface area (Å²) in [6.07, 6.45) is 5.92. The number of benzene rings is 3. The number of anilines is 1. The first-order valence-electron chi connectivity index (χ1n) is 10.5. The number of sulfonamides is 1. The van der Waals surface area contributed by atoms with E-state index in [1.165, 1.54) is 30.3 Å². The molecular weight excluding hydrogens is 442 g/mol. The van der Waals surface area contributed by atoms with E-state index in [2.05, 4.69) is 6.92 Å². The molecule has 0 radical (unpaired) electrons. The van der Waals surface area contributed by atoms with Crippen LogP contribution in [0.2, 0.25) is 5.02 Å². The Balaban J connectivity index is 1.99. The van der Waals surface area contributed by atoms with Crippen LogP contribution in [0.15, 0.2) is 83.8 Å². The van der Waals surface area contributed by atoms with Crippen molar-refractivity contribution >= 4 is 39.3 Å². The van der Waals surface area contributed by atoms with Crippen LogP contribution in [0.1, 0.15) is 36.5 Å². The second kappa shape index (κ2) is 10.6. The number of amides is 1. The molecule has 0 aliphatic rings. The summed E-state index contributed by atoms with van der Waals surface area (Å²) in [5.74, 6) is -0.651. The number of carbonyl (C=O) groups is 1. The third-order valence-electron chi connectivity index (χ3n) is 5.04. The second-order valence-corrected chi connectivity index (χ2v) is 9.80. The van der Waals surface area contributed by atoms with Gasteiger partial charge < -0.3 is 0 Å². The van der Waals surface area contributed by atoms with Crippen molar-refractivity contribution in [3.05, 3.63) is 101 Å². The van der Waals surface area contributed by atoms with Gasteiger partial charge in [-0.05, 0) is 73.4 Å². The van der Waals surface area contributed by atoms with Crippen LogP contribution in [-0.2, 0) is 21.2 Å². The Kier molecular flexibility index (Phi) is 7.89. The van der Waals surface area contributed by atoms with Crippen molar-refractivity contribution in [3.8, 4) is 0 Å². The molecule has 0 heterocycles. The van der Waals surface area contributed by atoms with Crippen molar-refractivity contribution in [2.24, 2.45) is 0 Å². The van der Waals surface area contributed by atoms with Gasteiger partial charge in [0.05, 0.1) is 10.6 Å². The number of hydrogen-bond acceptors (Lipinski definition) is 3. The molecule has 0 unspecified atom stereocenters. The van der Waals surface area contributed by atoms with Crippen LogP contribution in [0.25, 0.3) is 6.08 Å². The van der Waals surface area contributed by atoms with Crippen LogP contribution in [0.4, 0.5) is 5.69 Å². The van der Waals surface area contributed by atoms with Crippen LogP contribution in [0.5, 0.6) is 0 Å². The van der Waals surface area contributed by atoms with E-state index >= 15 is 0 Å². The maximum Gasteiger partial charge on any atom is 0.271 e. The molecule has 3 aromatic carbocycles. The molecule has 3 aromatic rings. The summed E-state index contributed by atoms with van der Waals surface area (Å²) in [6.45, 7) is 4.09. The quantitative estimate of drug-likeness (QED) is 0.359. The van der Waals surface area contributed by atoms with Gasteiger partial charge in [-0.1, -0.05) is 66.9 Å². The normalized spacial score (nSPS) is 11.6. The van der Waals surface area contributed by atoms with Crippen LogP contribution >= 0.6 is 11.6 Å². The molecule has 0 N–H and O–H groups in total. The van der Waals surface area contributed by atoms with Gasteiger partial charge in [0.2, 0.25) is 0 Å². The third kappa shape index (κ3) is 5.87. The molecule has 0 bridgehead atoms. The average Bonchev–Trinajstić information content (AvgIpc) is 2.78. The van der Waals surface area contributed by atoms with E-state index in [4.69, 9.17) is 11.6 Å². The zero-order valence-electron chi connectivity index (χ0n) is 18.2. The molecule has 4 nitrogen and oxygen atoms in total. The van der Waals surface area contributed by atoms with E-state index < -0.39 is 15.9 Å². The predicted molar refractivity (Wildman–Crippen MR) is 131 cm³/mol. The Morgan fingerprint density at radius 1 is 0.938 bits per heavy atom. The Hall–Kier alpha value is -2.89. The van der Waals surface area contributed by atoms with E-state index in [0.29, 0.717) is 10.7 Å². The molecule has 0 aliphatic carbocycles. The Bertz CT molecular complexity index is 1180. The van der Waals surface area contributed by atoms with E-state index in [9.17, 15) is 13.2 Å². The van der Waals surface area contributed by atoms with Gasteiger partial charge in [-0.2, -0.15) is 4.31 Å². The van der Waals surface area contributed by atoms with E-state index in [1.54, 1.807) is 18.2 Å². The first kappa shape index (κ1) is 23.8. The number of aryl methyl sites for hydroxylation is 2. The molecule has 0 fully saturated rings. The molecule has 32 heavy (non-hydrogen) atoms. The third-order valence-corrected chi connectivity index (χ3v) is 7.03. The van der Waals surface area contributed by atoms with Crippen molar-refractivity contribution in [3.63, 3.8) is 0 Å². The van der Waals surface area contributed by atoms with Gasteiger partial charge in [-0.25, -0.2) is 8.42 Å². The molecule has 0 atom stereocenters. The number of unbranched alkanes of at least 4 members (excludes halogenated alkanes) is 1. The summed E-state index contributed by atoms with van der Waals surface area (Å²) in [7, 11) is -4.14. The SMILES string of the molecule is CCCCc1ccc(N(C(=O)/C=C/c2ccc(C)cc2)S(=O)(=O)c2ccc(Cl)cc2)cc1. The number of halogens is 1. The van der Waals surface area contributed by atoms with Gasteiger partial charge in [0.25, 0.3) is 15.9 Å². The standard InChI is InChI=1S/C26H26ClNO3S/c1-3-4-5-21-10-15-24(16-11-21)28(32(30,31)25-17-13-23(27)14-18-25)26(29)19-12-22-8-6-20(2)7-9-22/h6-19H,3-5H2,1-2H3/b19-12+. The number of carbonyl (C=O) groups excluding carboxylic acids is 1. The Morgan fingerprint density at radius 2 is 1.56 bits per heavy atom.